The molecule has 0 aromatic carbocycles. The molecule has 6 heteroatoms. The lowest BCUT2D eigenvalue weighted by molar-refractivity contribution is -0.125. The third kappa shape index (κ3) is 3.35. The summed E-state index contributed by atoms with van der Waals surface area (Å²) in [5.74, 6) is 0.437. The summed E-state index contributed by atoms with van der Waals surface area (Å²) in [4.78, 5) is 19.0. The molecule has 0 saturated carbocycles. The van der Waals surface area contributed by atoms with Crippen LogP contribution < -0.4 is 5.73 Å². The van der Waals surface area contributed by atoms with E-state index < -0.39 is 0 Å². The number of amides is 1. The molecule has 0 bridgehead atoms. The van der Waals surface area contributed by atoms with Crippen LogP contribution in [0.1, 0.15) is 10.4 Å². The minimum Gasteiger partial charge on any atom is -0.384 e. The monoisotopic (exact) mass is 329 g/mol. The Hall–Kier alpha value is -2.18. The summed E-state index contributed by atoms with van der Waals surface area (Å²) >= 11 is 3.48. The molecule has 3 aromatic heterocycles. The molecule has 0 fully saturated rings. The van der Waals surface area contributed by atoms with Crippen LogP contribution in [0.5, 0.6) is 0 Å². The van der Waals surface area contributed by atoms with Gasteiger partial charge >= 0.3 is 0 Å². The fraction of sp³-hybridized carbons (Fsp3) is 0.125. The van der Waals surface area contributed by atoms with E-state index in [-0.39, 0.29) is 5.91 Å². The molecule has 1 amide bonds. The Morgan fingerprint density at radius 3 is 3.00 bits per heavy atom. The van der Waals surface area contributed by atoms with Crippen LogP contribution in [0.3, 0.4) is 0 Å². The molecular formula is C16H15N3OS2. The summed E-state index contributed by atoms with van der Waals surface area (Å²) < 4.78 is 1.30. The highest BCUT2D eigenvalue weighted by Crippen LogP contribution is 2.30. The Kier molecular flexibility index (Phi) is 4.22. The van der Waals surface area contributed by atoms with Crippen molar-refractivity contribution >= 4 is 49.9 Å². The zero-order chi connectivity index (χ0) is 15.5. The number of fused-ring (bicyclic) bond motifs is 1. The molecule has 0 saturated heterocycles. The van der Waals surface area contributed by atoms with Crippen LogP contribution in [-0.4, -0.2) is 22.8 Å². The topological polar surface area (TPSA) is 59.2 Å². The van der Waals surface area contributed by atoms with Crippen molar-refractivity contribution in [1.82, 2.24) is 9.88 Å². The average molecular weight is 329 g/mol. The predicted molar refractivity (Wildman–Crippen MR) is 93.9 cm³/mol. The molecule has 112 valence electrons. The van der Waals surface area contributed by atoms with Crippen LogP contribution in [-0.2, 0) is 11.3 Å². The number of thiophene rings is 2. The van der Waals surface area contributed by atoms with Crippen LogP contribution >= 0.6 is 22.7 Å². The molecule has 0 aliphatic carbocycles. The third-order valence-electron chi connectivity index (χ3n) is 3.20. The fourth-order valence-electron chi connectivity index (χ4n) is 2.02. The highest BCUT2D eigenvalue weighted by molar-refractivity contribution is 7.37. The molecule has 3 aromatic rings. The van der Waals surface area contributed by atoms with Crippen molar-refractivity contribution in [2.45, 2.75) is 6.54 Å². The second-order valence-corrected chi connectivity index (χ2v) is 7.23. The van der Waals surface area contributed by atoms with Crippen molar-refractivity contribution in [3.8, 4) is 0 Å². The largest absolute Gasteiger partial charge is 0.384 e. The highest BCUT2D eigenvalue weighted by Gasteiger charge is 2.09. The van der Waals surface area contributed by atoms with Gasteiger partial charge in [-0.25, -0.2) is 4.98 Å². The number of hydrogen-bond donors (Lipinski definition) is 1. The molecule has 22 heavy (non-hydrogen) atoms. The van der Waals surface area contributed by atoms with Crippen molar-refractivity contribution in [3.05, 3.63) is 52.4 Å². The zero-order valence-electron chi connectivity index (χ0n) is 12.0. The van der Waals surface area contributed by atoms with Gasteiger partial charge in [-0.3, -0.25) is 4.79 Å². The molecule has 0 radical (unpaired) electrons. The van der Waals surface area contributed by atoms with Crippen molar-refractivity contribution in [1.29, 1.82) is 0 Å². The quantitative estimate of drug-likeness (QED) is 0.744. The average Bonchev–Trinajstić information content (AvgIpc) is 3.07. The number of hydrogen-bond acceptors (Lipinski definition) is 5. The number of carbonyl (C=O) groups excluding carboxylic acids is 1. The third-order valence-corrected chi connectivity index (χ3v) is 5.39. The second-order valence-electron chi connectivity index (χ2n) is 4.92. The Morgan fingerprint density at radius 1 is 1.41 bits per heavy atom. The lowest BCUT2D eigenvalue weighted by Gasteiger charge is -2.13. The number of nitrogens with zero attached hydrogens (tertiary/aromatic N) is 2. The van der Waals surface area contributed by atoms with Gasteiger partial charge in [-0.2, -0.15) is 0 Å². The fourth-order valence-corrected chi connectivity index (χ4v) is 4.23. The van der Waals surface area contributed by atoms with E-state index in [1.165, 1.54) is 14.3 Å². The van der Waals surface area contributed by atoms with Crippen LogP contribution in [0.25, 0.3) is 15.5 Å². The van der Waals surface area contributed by atoms with Gasteiger partial charge in [0, 0.05) is 29.6 Å². The number of nitrogens with two attached hydrogens (primary N) is 1. The summed E-state index contributed by atoms with van der Waals surface area (Å²) in [6.45, 7) is 0.620. The van der Waals surface area contributed by atoms with Crippen molar-refractivity contribution in [2.75, 3.05) is 12.8 Å². The summed E-state index contributed by atoms with van der Waals surface area (Å²) in [7, 11) is 1.81. The summed E-state index contributed by atoms with van der Waals surface area (Å²) in [6.07, 6.45) is 4.95. The number of anilines is 1. The maximum absolute atomic E-state index is 12.1. The maximum atomic E-state index is 12.1. The van der Waals surface area contributed by atoms with Crippen LogP contribution in [0.15, 0.2) is 41.9 Å². The highest BCUT2D eigenvalue weighted by atomic mass is 32.2. The van der Waals surface area contributed by atoms with Gasteiger partial charge in [0.1, 0.15) is 5.82 Å². The molecule has 3 heterocycles. The normalized spacial score (nSPS) is 11.3. The van der Waals surface area contributed by atoms with Crippen LogP contribution in [0.4, 0.5) is 5.82 Å². The summed E-state index contributed by atoms with van der Waals surface area (Å²) in [5.41, 5.74) is 6.39. The van der Waals surface area contributed by atoms with E-state index in [0.717, 1.165) is 5.56 Å². The van der Waals surface area contributed by atoms with Gasteiger partial charge in [-0.15, -0.1) is 22.7 Å². The zero-order valence-corrected chi connectivity index (χ0v) is 13.7. The van der Waals surface area contributed by atoms with E-state index >= 15 is 0 Å². The van der Waals surface area contributed by atoms with Crippen LogP contribution in [0, 0.1) is 0 Å². The minimum absolute atomic E-state index is 0.0337. The number of carbonyl (C=O) groups is 1. The Labute approximate surface area is 136 Å². The number of pyridine rings is 1. The first kappa shape index (κ1) is 14.7. The molecular weight excluding hydrogens is 314 g/mol. The molecule has 4 nitrogen and oxygen atoms in total. The first-order valence-corrected chi connectivity index (χ1v) is 8.42. The first-order chi connectivity index (χ1) is 10.6. The van der Waals surface area contributed by atoms with E-state index in [4.69, 9.17) is 5.73 Å². The van der Waals surface area contributed by atoms with E-state index in [9.17, 15) is 4.79 Å². The van der Waals surface area contributed by atoms with Crippen molar-refractivity contribution in [2.24, 2.45) is 0 Å². The van der Waals surface area contributed by atoms with Crippen LogP contribution in [0.2, 0.25) is 0 Å². The smallest absolute Gasteiger partial charge is 0.246 e. The Morgan fingerprint density at radius 2 is 2.27 bits per heavy atom. The molecule has 2 N–H and O–H groups in total. The molecule has 0 aliphatic rings. The lowest BCUT2D eigenvalue weighted by Crippen LogP contribution is -2.23. The van der Waals surface area contributed by atoms with E-state index in [1.54, 1.807) is 52.0 Å². The Balaban J connectivity index is 1.63. The first-order valence-electron chi connectivity index (χ1n) is 6.72. The van der Waals surface area contributed by atoms with Gasteiger partial charge in [0.05, 0.1) is 10.6 Å². The van der Waals surface area contributed by atoms with Crippen molar-refractivity contribution in [3.63, 3.8) is 0 Å². The van der Waals surface area contributed by atoms with Crippen molar-refractivity contribution < 1.29 is 4.79 Å². The SMILES string of the molecule is CN(Cc1cc2ccsc2s1)C(=O)/C=C/c1ccc(N)nc1. The van der Waals surface area contributed by atoms with Gasteiger partial charge < -0.3 is 10.6 Å². The molecule has 0 unspecified atom stereocenters. The van der Waals surface area contributed by atoms with E-state index in [2.05, 4.69) is 22.5 Å². The molecule has 3 rings (SSSR count). The summed E-state index contributed by atoms with van der Waals surface area (Å²) in [6, 6.07) is 7.80. The van der Waals surface area contributed by atoms with Gasteiger partial charge in [-0.1, -0.05) is 0 Å². The van der Waals surface area contributed by atoms with Gasteiger partial charge in [0.2, 0.25) is 5.91 Å². The number of rotatable bonds is 4. The second kappa shape index (κ2) is 6.29. The number of aromatic nitrogens is 1. The van der Waals surface area contributed by atoms with E-state index in [0.29, 0.717) is 12.4 Å². The van der Waals surface area contributed by atoms with Gasteiger partial charge in [0.15, 0.2) is 0 Å². The van der Waals surface area contributed by atoms with Gasteiger partial charge in [-0.05, 0) is 41.3 Å². The van der Waals surface area contributed by atoms with Gasteiger partial charge in [0.25, 0.3) is 0 Å². The summed E-state index contributed by atoms with van der Waals surface area (Å²) in [5, 5.41) is 3.35. The number of nitrogen functional groups attached to an aromatic ring is 1. The minimum atomic E-state index is -0.0337. The molecule has 0 spiro atoms. The predicted octanol–water partition coefficient (Wildman–Crippen LogP) is 3.61. The number of likely N-dealkylation sites (N-methyl/N-ethyl adjacent to an activating group) is 1. The standard InChI is InChI=1S/C16H15N3OS2/c1-19(10-13-8-12-6-7-21-16(12)22-13)15(20)5-3-11-2-4-14(17)18-9-11/h2-9H,10H2,1H3,(H2,17,18)/b5-3+. The van der Waals surface area contributed by atoms with E-state index in [1.807, 2.05) is 13.1 Å². The maximum Gasteiger partial charge on any atom is 0.246 e. The molecule has 0 aliphatic heterocycles. The lowest BCUT2D eigenvalue weighted by atomic mass is 10.2. The Bertz CT molecular complexity index is 789. The molecule has 0 atom stereocenters.